The first-order valence-corrected chi connectivity index (χ1v) is 10.1. The molecule has 0 aliphatic carbocycles. The van der Waals surface area contributed by atoms with Crippen molar-refractivity contribution in [2.75, 3.05) is 37.6 Å². The topological polar surface area (TPSA) is 81.2 Å². The molecule has 28 heavy (non-hydrogen) atoms. The van der Waals surface area contributed by atoms with Crippen LogP contribution in [0, 0.1) is 5.92 Å². The Morgan fingerprint density at radius 2 is 1.61 bits per heavy atom. The van der Waals surface area contributed by atoms with Crippen LogP contribution >= 0.6 is 0 Å². The van der Waals surface area contributed by atoms with Crippen molar-refractivity contribution < 1.29 is 19.5 Å². The minimum Gasteiger partial charge on any atom is -0.481 e. The molecule has 0 radical (unpaired) electrons. The summed E-state index contributed by atoms with van der Waals surface area (Å²) in [5, 5.41) is 9.21. The number of carbonyl (C=O) groups is 3. The van der Waals surface area contributed by atoms with Crippen LogP contribution < -0.4 is 4.90 Å². The van der Waals surface area contributed by atoms with Crippen LogP contribution in [0.4, 0.5) is 5.69 Å². The highest BCUT2D eigenvalue weighted by Crippen LogP contribution is 2.23. The third-order valence-electron chi connectivity index (χ3n) is 5.86. The molecule has 2 amide bonds. The Bertz CT molecular complexity index is 701. The van der Waals surface area contributed by atoms with E-state index in [1.54, 1.807) is 4.90 Å². The molecule has 0 bridgehead atoms. The van der Waals surface area contributed by atoms with E-state index < -0.39 is 11.9 Å². The maximum absolute atomic E-state index is 12.6. The number of piperazine rings is 1. The Morgan fingerprint density at radius 3 is 2.25 bits per heavy atom. The normalized spacial score (nSPS) is 22.8. The van der Waals surface area contributed by atoms with Crippen LogP contribution in [0.2, 0.25) is 0 Å². The smallest absolute Gasteiger partial charge is 0.308 e. The molecule has 1 N–H and O–H groups in total. The molecule has 3 rings (SSSR count). The van der Waals surface area contributed by atoms with E-state index in [0.717, 1.165) is 18.8 Å². The third kappa shape index (κ3) is 4.82. The highest BCUT2D eigenvalue weighted by Gasteiger charge is 2.32. The lowest BCUT2D eigenvalue weighted by Gasteiger charge is -2.37. The van der Waals surface area contributed by atoms with Crippen LogP contribution in [0.3, 0.4) is 0 Å². The van der Waals surface area contributed by atoms with E-state index >= 15 is 0 Å². The van der Waals surface area contributed by atoms with Crippen LogP contribution in [-0.4, -0.2) is 71.5 Å². The zero-order chi connectivity index (χ0) is 20.1. The summed E-state index contributed by atoms with van der Waals surface area (Å²) in [6.45, 7) is 5.08. The van der Waals surface area contributed by atoms with Crippen molar-refractivity contribution in [3.8, 4) is 0 Å². The van der Waals surface area contributed by atoms with Gasteiger partial charge in [-0.25, -0.2) is 0 Å². The van der Waals surface area contributed by atoms with Crippen LogP contribution in [-0.2, 0) is 14.4 Å². The van der Waals surface area contributed by atoms with Gasteiger partial charge in [0.1, 0.15) is 0 Å². The Kier molecular flexibility index (Phi) is 6.54. The van der Waals surface area contributed by atoms with Gasteiger partial charge in [0.15, 0.2) is 0 Å². The Hall–Kier alpha value is -2.57. The molecule has 2 aliphatic rings. The second-order valence-electron chi connectivity index (χ2n) is 7.71. The standard InChI is InChI=1S/C21H29N3O4/c1-16-7-8-17(21(27)28)15-24(16)20(26)10-9-19(25)23-13-11-22(12-14-23)18-5-3-2-4-6-18/h2-6,16-17H,7-15H2,1H3,(H,27,28). The van der Waals surface area contributed by atoms with Gasteiger partial charge in [0.05, 0.1) is 5.92 Å². The number of para-hydroxylation sites is 1. The van der Waals surface area contributed by atoms with Crippen molar-refractivity contribution in [2.24, 2.45) is 5.92 Å². The van der Waals surface area contributed by atoms with E-state index in [-0.39, 0.29) is 37.2 Å². The monoisotopic (exact) mass is 387 g/mol. The lowest BCUT2D eigenvalue weighted by atomic mass is 9.93. The van der Waals surface area contributed by atoms with Gasteiger partial charge in [0, 0.05) is 57.3 Å². The average Bonchev–Trinajstić information content (AvgIpc) is 2.72. The number of rotatable bonds is 5. The van der Waals surface area contributed by atoms with Gasteiger partial charge in [0.25, 0.3) is 0 Å². The maximum Gasteiger partial charge on any atom is 0.308 e. The summed E-state index contributed by atoms with van der Waals surface area (Å²) in [6, 6.07) is 10.2. The summed E-state index contributed by atoms with van der Waals surface area (Å²) in [5.74, 6) is -1.46. The van der Waals surface area contributed by atoms with E-state index in [1.165, 1.54) is 0 Å². The highest BCUT2D eigenvalue weighted by atomic mass is 16.4. The van der Waals surface area contributed by atoms with Gasteiger partial charge in [-0.05, 0) is 31.9 Å². The first kappa shape index (κ1) is 20.2. The fourth-order valence-electron chi connectivity index (χ4n) is 4.02. The van der Waals surface area contributed by atoms with Crippen molar-refractivity contribution in [1.82, 2.24) is 9.80 Å². The summed E-state index contributed by atoms with van der Waals surface area (Å²) in [7, 11) is 0. The molecular weight excluding hydrogens is 358 g/mol. The fourth-order valence-corrected chi connectivity index (χ4v) is 4.02. The number of amides is 2. The second kappa shape index (κ2) is 9.08. The molecule has 0 aromatic heterocycles. The summed E-state index contributed by atoms with van der Waals surface area (Å²) in [5.41, 5.74) is 1.16. The van der Waals surface area contributed by atoms with Crippen LogP contribution in [0.15, 0.2) is 30.3 Å². The lowest BCUT2D eigenvalue weighted by Crippen LogP contribution is -2.49. The van der Waals surface area contributed by atoms with Crippen LogP contribution in [0.1, 0.15) is 32.6 Å². The minimum absolute atomic E-state index is 0.000471. The van der Waals surface area contributed by atoms with E-state index in [0.29, 0.717) is 25.9 Å². The highest BCUT2D eigenvalue weighted by molar-refractivity contribution is 5.84. The first-order valence-electron chi connectivity index (χ1n) is 10.1. The van der Waals surface area contributed by atoms with Crippen molar-refractivity contribution in [3.63, 3.8) is 0 Å². The van der Waals surface area contributed by atoms with Crippen LogP contribution in [0.25, 0.3) is 0 Å². The van der Waals surface area contributed by atoms with Crippen molar-refractivity contribution in [2.45, 2.75) is 38.6 Å². The number of carbonyl (C=O) groups excluding carboxylic acids is 2. The molecule has 152 valence electrons. The SMILES string of the molecule is CC1CCC(C(=O)O)CN1C(=O)CCC(=O)N1CCN(c2ccccc2)CC1. The predicted octanol–water partition coefficient (Wildman–Crippen LogP) is 1.83. The molecule has 1 aromatic rings. The number of carboxylic acids is 1. The molecule has 0 spiro atoms. The quantitative estimate of drug-likeness (QED) is 0.834. The lowest BCUT2D eigenvalue weighted by molar-refractivity contribution is -0.148. The first-order chi connectivity index (χ1) is 13.5. The summed E-state index contributed by atoms with van der Waals surface area (Å²) >= 11 is 0. The zero-order valence-corrected chi connectivity index (χ0v) is 16.4. The molecule has 7 nitrogen and oxygen atoms in total. The fraction of sp³-hybridized carbons (Fsp3) is 0.571. The van der Waals surface area contributed by atoms with E-state index in [4.69, 9.17) is 0 Å². The number of carboxylic acid groups (broad SMARTS) is 1. The summed E-state index contributed by atoms with van der Waals surface area (Å²) in [4.78, 5) is 42.0. The van der Waals surface area contributed by atoms with Gasteiger partial charge in [-0.15, -0.1) is 0 Å². The van der Waals surface area contributed by atoms with Gasteiger partial charge in [0.2, 0.25) is 11.8 Å². The Labute approximate surface area is 165 Å². The maximum atomic E-state index is 12.6. The molecular formula is C21H29N3O4. The molecule has 2 heterocycles. The molecule has 2 aliphatic heterocycles. The van der Waals surface area contributed by atoms with E-state index in [9.17, 15) is 19.5 Å². The van der Waals surface area contributed by atoms with Gasteiger partial charge < -0.3 is 19.8 Å². The van der Waals surface area contributed by atoms with Gasteiger partial charge in [-0.2, -0.15) is 0 Å². The Balaban J connectivity index is 1.45. The minimum atomic E-state index is -0.850. The second-order valence-corrected chi connectivity index (χ2v) is 7.71. The van der Waals surface area contributed by atoms with Gasteiger partial charge >= 0.3 is 5.97 Å². The molecule has 7 heteroatoms. The third-order valence-corrected chi connectivity index (χ3v) is 5.86. The molecule has 2 saturated heterocycles. The molecule has 0 saturated carbocycles. The zero-order valence-electron chi connectivity index (χ0n) is 16.4. The Morgan fingerprint density at radius 1 is 0.964 bits per heavy atom. The van der Waals surface area contributed by atoms with Crippen molar-refractivity contribution in [3.05, 3.63) is 30.3 Å². The van der Waals surface area contributed by atoms with Crippen LogP contribution in [0.5, 0.6) is 0 Å². The summed E-state index contributed by atoms with van der Waals surface area (Å²) < 4.78 is 0. The molecule has 2 fully saturated rings. The number of hydrogen-bond donors (Lipinski definition) is 1. The predicted molar refractivity (Wildman–Crippen MR) is 106 cm³/mol. The molecule has 2 atom stereocenters. The van der Waals surface area contributed by atoms with Gasteiger partial charge in [-0.3, -0.25) is 14.4 Å². The molecule has 2 unspecified atom stereocenters. The number of anilines is 1. The summed E-state index contributed by atoms with van der Waals surface area (Å²) in [6.07, 6.45) is 1.63. The number of likely N-dealkylation sites (tertiary alicyclic amines) is 1. The number of aliphatic carboxylic acids is 1. The number of benzene rings is 1. The van der Waals surface area contributed by atoms with Crippen molar-refractivity contribution >= 4 is 23.5 Å². The van der Waals surface area contributed by atoms with Crippen molar-refractivity contribution in [1.29, 1.82) is 0 Å². The van der Waals surface area contributed by atoms with E-state index in [2.05, 4.69) is 17.0 Å². The number of piperidine rings is 1. The number of hydrogen-bond acceptors (Lipinski definition) is 4. The van der Waals surface area contributed by atoms with E-state index in [1.807, 2.05) is 30.0 Å². The molecule has 1 aromatic carbocycles. The largest absolute Gasteiger partial charge is 0.481 e. The van der Waals surface area contributed by atoms with Gasteiger partial charge in [-0.1, -0.05) is 18.2 Å². The number of nitrogens with zero attached hydrogens (tertiary/aromatic N) is 3. The average molecular weight is 387 g/mol.